The van der Waals surface area contributed by atoms with E-state index in [-0.39, 0.29) is 11.2 Å². The Balaban J connectivity index is 1.46. The third kappa shape index (κ3) is 10.9. The van der Waals surface area contributed by atoms with Gasteiger partial charge in [-0.1, -0.05) is 154 Å². The summed E-state index contributed by atoms with van der Waals surface area (Å²) in [6.07, 6.45) is 37.0. The number of thiophene rings is 1. The zero-order valence-corrected chi connectivity index (χ0v) is 34.2. The van der Waals surface area contributed by atoms with Gasteiger partial charge in [-0.15, -0.1) is 29.5 Å². The summed E-state index contributed by atoms with van der Waals surface area (Å²) in [5.74, 6) is 3.27. The Bertz CT molecular complexity index is 2180. The standard InChI is InChI=1S/C52H54S2/c1-8-13-15-19-38(6)54-52(12-5)51(18-10-3)44-27-24-40(25-28-44)23-26-43(20-14-9-2)49-35-48(41(11-4)33-45-31-32-53-39(45)7)36-50(37-49)47-30-29-42-21-16-17-22-46(42)34-47/h5,8-9,11,13-14,16-18,20-36,38,49,52H,4,10,15,19,37H2,1-3,6-7H3/b13-8-,14-9+,26-23-,41-33+,43-20+,51-18-. The third-order valence-corrected chi connectivity index (χ3v) is 12.1. The summed E-state index contributed by atoms with van der Waals surface area (Å²) in [5.41, 5.74) is 11.0. The van der Waals surface area contributed by atoms with E-state index in [1.807, 2.05) is 17.8 Å². The minimum atomic E-state index is 0.0256. The van der Waals surface area contributed by atoms with E-state index in [4.69, 9.17) is 6.42 Å². The second kappa shape index (κ2) is 20.6. The SMILES string of the molecule is C#CC(SC(C)CC/C=C\C)/C(=C\CC)c1ccc(\C=C/C(=C\C=C\C)C2C=C(/C(C=C)=C/c3ccsc3C)C=C(c3ccc4ccccc4c3)C2)cc1. The maximum Gasteiger partial charge on any atom is 0.0908 e. The first-order valence-corrected chi connectivity index (χ1v) is 21.0. The molecule has 5 rings (SSSR count). The highest BCUT2D eigenvalue weighted by molar-refractivity contribution is 8.01. The minimum absolute atomic E-state index is 0.0256. The molecule has 0 fully saturated rings. The molecular weight excluding hydrogens is 689 g/mol. The highest BCUT2D eigenvalue weighted by atomic mass is 32.2. The van der Waals surface area contributed by atoms with Gasteiger partial charge in [-0.25, -0.2) is 0 Å². The van der Waals surface area contributed by atoms with Gasteiger partial charge in [0.05, 0.1) is 5.25 Å². The monoisotopic (exact) mass is 742 g/mol. The van der Waals surface area contributed by atoms with Crippen LogP contribution >= 0.6 is 23.1 Å². The van der Waals surface area contributed by atoms with Crippen molar-refractivity contribution in [3.05, 3.63) is 189 Å². The van der Waals surface area contributed by atoms with Crippen LogP contribution in [-0.4, -0.2) is 10.5 Å². The van der Waals surface area contributed by atoms with Crippen LogP contribution in [0.2, 0.25) is 0 Å². The highest BCUT2D eigenvalue weighted by Crippen LogP contribution is 2.39. The third-order valence-electron chi connectivity index (χ3n) is 9.86. The highest BCUT2D eigenvalue weighted by Gasteiger charge is 2.21. The molecule has 0 radical (unpaired) electrons. The molecule has 2 heteroatoms. The lowest BCUT2D eigenvalue weighted by Gasteiger charge is -2.24. The molecule has 0 N–H and O–H groups in total. The zero-order valence-electron chi connectivity index (χ0n) is 32.6. The van der Waals surface area contributed by atoms with Crippen LogP contribution in [-0.2, 0) is 0 Å². The fraction of sp³-hybridized carbons (Fsp3) is 0.231. The molecule has 1 aliphatic carbocycles. The van der Waals surface area contributed by atoms with Gasteiger partial charge in [-0.2, -0.15) is 0 Å². The Hall–Kier alpha value is -4.81. The van der Waals surface area contributed by atoms with Crippen LogP contribution in [0.15, 0.2) is 162 Å². The molecule has 1 heterocycles. The average Bonchev–Trinajstić information content (AvgIpc) is 3.61. The number of benzene rings is 3. The summed E-state index contributed by atoms with van der Waals surface area (Å²) >= 11 is 3.68. The summed E-state index contributed by atoms with van der Waals surface area (Å²) in [6, 6.07) is 26.6. The Morgan fingerprint density at radius 3 is 2.52 bits per heavy atom. The lowest BCUT2D eigenvalue weighted by molar-refractivity contribution is 0.794. The number of aryl methyl sites for hydroxylation is 1. The Morgan fingerprint density at radius 2 is 1.83 bits per heavy atom. The molecule has 0 aliphatic heterocycles. The second-order valence-electron chi connectivity index (χ2n) is 13.8. The molecule has 0 amide bonds. The van der Waals surface area contributed by atoms with E-state index in [1.165, 1.54) is 54.6 Å². The first kappa shape index (κ1) is 40.4. The number of terminal acetylenes is 1. The Kier molecular flexibility index (Phi) is 15.4. The van der Waals surface area contributed by atoms with Gasteiger partial charge in [0.1, 0.15) is 0 Å². The van der Waals surface area contributed by atoms with Crippen molar-refractivity contribution < 1.29 is 0 Å². The Morgan fingerprint density at radius 1 is 1.04 bits per heavy atom. The Labute approximate surface area is 333 Å². The minimum Gasteiger partial charge on any atom is -0.149 e. The summed E-state index contributed by atoms with van der Waals surface area (Å²) in [6.45, 7) is 15.1. The molecule has 3 unspecified atom stereocenters. The number of hydrogen-bond donors (Lipinski definition) is 0. The molecule has 4 aromatic rings. The molecule has 274 valence electrons. The molecule has 1 aromatic heterocycles. The number of fused-ring (bicyclic) bond motifs is 1. The van der Waals surface area contributed by atoms with Crippen molar-refractivity contribution in [3.8, 4) is 12.3 Å². The van der Waals surface area contributed by atoms with Crippen molar-refractivity contribution in [1.82, 2.24) is 0 Å². The van der Waals surface area contributed by atoms with Gasteiger partial charge in [0, 0.05) is 16.0 Å². The molecule has 0 saturated heterocycles. The maximum absolute atomic E-state index is 6.15. The van der Waals surface area contributed by atoms with Crippen molar-refractivity contribution in [2.75, 3.05) is 0 Å². The summed E-state index contributed by atoms with van der Waals surface area (Å²) in [4.78, 5) is 1.31. The largest absolute Gasteiger partial charge is 0.149 e. The first-order chi connectivity index (χ1) is 26.4. The van der Waals surface area contributed by atoms with Gasteiger partial charge in [0.2, 0.25) is 0 Å². The van der Waals surface area contributed by atoms with Gasteiger partial charge in [0.15, 0.2) is 0 Å². The summed E-state index contributed by atoms with van der Waals surface area (Å²) in [7, 11) is 0. The van der Waals surface area contributed by atoms with Gasteiger partial charge < -0.3 is 0 Å². The first-order valence-electron chi connectivity index (χ1n) is 19.2. The van der Waals surface area contributed by atoms with E-state index in [1.54, 1.807) is 11.3 Å². The molecule has 3 atom stereocenters. The quantitative estimate of drug-likeness (QED) is 0.0626. The smallest absolute Gasteiger partial charge is 0.0908 e. The molecule has 0 bridgehead atoms. The molecule has 0 nitrogen and oxygen atoms in total. The van der Waals surface area contributed by atoms with Crippen LogP contribution < -0.4 is 0 Å². The van der Waals surface area contributed by atoms with Crippen molar-refractivity contribution >= 4 is 57.2 Å². The predicted octanol–water partition coefficient (Wildman–Crippen LogP) is 15.3. The normalized spacial score (nSPS) is 16.9. The number of rotatable bonds is 16. The van der Waals surface area contributed by atoms with Gasteiger partial charge in [-0.3, -0.25) is 0 Å². The van der Waals surface area contributed by atoms with E-state index < -0.39 is 0 Å². The second-order valence-corrected chi connectivity index (χ2v) is 16.4. The van der Waals surface area contributed by atoms with E-state index in [9.17, 15) is 0 Å². The van der Waals surface area contributed by atoms with Gasteiger partial charge >= 0.3 is 0 Å². The number of hydrogen-bond acceptors (Lipinski definition) is 2. The van der Waals surface area contributed by atoms with E-state index in [2.05, 4.69) is 192 Å². The molecule has 3 aromatic carbocycles. The van der Waals surface area contributed by atoms with Crippen molar-refractivity contribution in [3.63, 3.8) is 0 Å². The topological polar surface area (TPSA) is 0 Å². The van der Waals surface area contributed by atoms with Crippen LogP contribution in [0.25, 0.3) is 34.1 Å². The van der Waals surface area contributed by atoms with Crippen LogP contribution in [0.4, 0.5) is 0 Å². The molecular formula is C52H54S2. The van der Waals surface area contributed by atoms with Crippen LogP contribution in [0.1, 0.15) is 80.5 Å². The average molecular weight is 743 g/mol. The van der Waals surface area contributed by atoms with Crippen molar-refractivity contribution in [2.45, 2.75) is 70.8 Å². The molecule has 0 spiro atoms. The molecule has 1 aliphatic rings. The lowest BCUT2D eigenvalue weighted by Crippen LogP contribution is -2.09. The van der Waals surface area contributed by atoms with E-state index in [0.717, 1.165) is 36.8 Å². The van der Waals surface area contributed by atoms with Crippen molar-refractivity contribution in [1.29, 1.82) is 0 Å². The maximum atomic E-state index is 6.15. The molecule has 0 saturated carbocycles. The fourth-order valence-electron chi connectivity index (χ4n) is 6.85. The summed E-state index contributed by atoms with van der Waals surface area (Å²) < 4.78 is 0. The lowest BCUT2D eigenvalue weighted by atomic mass is 9.80. The number of thioether (sulfide) groups is 1. The van der Waals surface area contributed by atoms with Crippen molar-refractivity contribution in [2.24, 2.45) is 5.92 Å². The fourth-order valence-corrected chi connectivity index (χ4v) is 8.73. The summed E-state index contributed by atoms with van der Waals surface area (Å²) in [5, 5.41) is 5.18. The zero-order chi connectivity index (χ0) is 38.3. The van der Waals surface area contributed by atoms with Gasteiger partial charge in [-0.05, 0) is 131 Å². The van der Waals surface area contributed by atoms with Crippen LogP contribution in [0.3, 0.4) is 0 Å². The van der Waals surface area contributed by atoms with Crippen LogP contribution in [0.5, 0.6) is 0 Å². The van der Waals surface area contributed by atoms with E-state index in [0.29, 0.717) is 5.25 Å². The van der Waals surface area contributed by atoms with E-state index >= 15 is 0 Å². The molecule has 54 heavy (non-hydrogen) atoms. The van der Waals surface area contributed by atoms with Gasteiger partial charge in [0.25, 0.3) is 0 Å². The predicted molar refractivity (Wildman–Crippen MR) is 246 cm³/mol. The van der Waals surface area contributed by atoms with Crippen LogP contribution in [0, 0.1) is 25.2 Å². The number of allylic oxidation sites excluding steroid dienone is 14.